The Morgan fingerprint density at radius 2 is 1.50 bits per heavy atom. The molecule has 3 aromatic rings. The maximum absolute atomic E-state index is 12.8. The summed E-state index contributed by atoms with van der Waals surface area (Å²) in [5, 5.41) is 4.75. The molecule has 0 saturated carbocycles. The highest BCUT2D eigenvalue weighted by atomic mass is 16.6. The largest absolute Gasteiger partial charge is 0.455 e. The zero-order chi connectivity index (χ0) is 20.1. The zero-order valence-corrected chi connectivity index (χ0v) is 16.2. The lowest BCUT2D eigenvalue weighted by Crippen LogP contribution is -2.32. The van der Waals surface area contributed by atoms with Gasteiger partial charge < -0.3 is 10.1 Å². The molecule has 0 fully saturated rings. The molecule has 142 valence electrons. The van der Waals surface area contributed by atoms with Crippen molar-refractivity contribution in [2.45, 2.75) is 26.4 Å². The van der Waals surface area contributed by atoms with Gasteiger partial charge in [-0.1, -0.05) is 60.7 Å². The first kappa shape index (κ1) is 19.4. The summed E-state index contributed by atoms with van der Waals surface area (Å²) in [5.74, 6) is -0.942. The van der Waals surface area contributed by atoms with E-state index >= 15 is 0 Å². The van der Waals surface area contributed by atoms with Crippen LogP contribution in [0.2, 0.25) is 0 Å². The van der Waals surface area contributed by atoms with Gasteiger partial charge in [0.05, 0.1) is 0 Å². The number of esters is 1. The first-order valence-electron chi connectivity index (χ1n) is 9.13. The normalized spacial score (nSPS) is 11.9. The standard InChI is InChI=1S/C24H23NO3/c1-24(2,3)28-23(27)21(25-22(26)18-11-5-4-6-12-18)16-19-14-9-13-17-10-7-8-15-20(17)19/h4-16H,1-3H3,(H,25,26)/b21-16-. The third-order valence-electron chi connectivity index (χ3n) is 4.03. The van der Waals surface area contributed by atoms with Gasteiger partial charge in [-0.05, 0) is 55.3 Å². The number of ether oxygens (including phenoxy) is 1. The van der Waals surface area contributed by atoms with Crippen LogP contribution in [0.1, 0.15) is 36.7 Å². The zero-order valence-electron chi connectivity index (χ0n) is 16.2. The molecule has 1 N–H and O–H groups in total. The summed E-state index contributed by atoms with van der Waals surface area (Å²) < 4.78 is 5.50. The van der Waals surface area contributed by atoms with Crippen molar-refractivity contribution in [3.05, 3.63) is 89.6 Å². The molecule has 0 unspecified atom stereocenters. The van der Waals surface area contributed by atoms with Crippen molar-refractivity contribution < 1.29 is 14.3 Å². The predicted octanol–water partition coefficient (Wildman–Crippen LogP) is 4.95. The van der Waals surface area contributed by atoms with E-state index in [1.807, 2.05) is 48.5 Å². The number of carbonyl (C=O) groups excluding carboxylic acids is 2. The molecule has 28 heavy (non-hydrogen) atoms. The van der Waals surface area contributed by atoms with Crippen molar-refractivity contribution in [1.82, 2.24) is 5.32 Å². The molecule has 0 spiro atoms. The first-order chi connectivity index (χ1) is 13.3. The molecule has 4 nitrogen and oxygen atoms in total. The third kappa shape index (κ3) is 4.86. The minimum Gasteiger partial charge on any atom is -0.455 e. The minimum atomic E-state index is -0.674. The molecule has 0 aliphatic heterocycles. The lowest BCUT2D eigenvalue weighted by Gasteiger charge is -2.21. The van der Waals surface area contributed by atoms with Gasteiger partial charge in [-0.3, -0.25) is 4.79 Å². The van der Waals surface area contributed by atoms with Crippen molar-refractivity contribution in [2.24, 2.45) is 0 Å². The van der Waals surface area contributed by atoms with E-state index in [0.717, 1.165) is 16.3 Å². The summed E-state index contributed by atoms with van der Waals surface area (Å²) >= 11 is 0. The smallest absolute Gasteiger partial charge is 0.355 e. The molecular weight excluding hydrogens is 350 g/mol. The second-order valence-corrected chi connectivity index (χ2v) is 7.45. The second kappa shape index (κ2) is 8.09. The van der Waals surface area contributed by atoms with Gasteiger partial charge in [0.1, 0.15) is 11.3 Å². The molecule has 1 amide bonds. The van der Waals surface area contributed by atoms with Crippen LogP contribution < -0.4 is 5.32 Å². The number of nitrogens with one attached hydrogen (secondary N) is 1. The summed E-state index contributed by atoms with van der Waals surface area (Å²) in [6, 6.07) is 22.5. The van der Waals surface area contributed by atoms with E-state index < -0.39 is 11.6 Å². The number of hydrogen-bond acceptors (Lipinski definition) is 3. The predicted molar refractivity (Wildman–Crippen MR) is 112 cm³/mol. The van der Waals surface area contributed by atoms with Crippen molar-refractivity contribution >= 4 is 28.7 Å². The molecule has 0 saturated heterocycles. The molecule has 3 aromatic carbocycles. The van der Waals surface area contributed by atoms with Gasteiger partial charge in [0.15, 0.2) is 0 Å². The van der Waals surface area contributed by atoms with Crippen molar-refractivity contribution in [2.75, 3.05) is 0 Å². The fourth-order valence-electron chi connectivity index (χ4n) is 2.79. The molecule has 0 bridgehead atoms. The van der Waals surface area contributed by atoms with Crippen LogP contribution >= 0.6 is 0 Å². The van der Waals surface area contributed by atoms with E-state index in [-0.39, 0.29) is 11.6 Å². The number of benzene rings is 3. The molecule has 0 atom stereocenters. The SMILES string of the molecule is CC(C)(C)OC(=O)/C(=C/c1cccc2ccccc12)NC(=O)c1ccccc1. The Hall–Kier alpha value is -3.40. The van der Waals surface area contributed by atoms with Gasteiger partial charge in [-0.25, -0.2) is 4.79 Å². The minimum absolute atomic E-state index is 0.0973. The van der Waals surface area contributed by atoms with E-state index in [4.69, 9.17) is 4.74 Å². The van der Waals surface area contributed by atoms with Gasteiger partial charge in [0, 0.05) is 5.56 Å². The number of fused-ring (bicyclic) bond motifs is 1. The lowest BCUT2D eigenvalue weighted by atomic mass is 10.0. The number of hydrogen-bond donors (Lipinski definition) is 1. The monoisotopic (exact) mass is 373 g/mol. The quantitative estimate of drug-likeness (QED) is 0.520. The topological polar surface area (TPSA) is 55.4 Å². The van der Waals surface area contributed by atoms with Crippen LogP contribution in [0.5, 0.6) is 0 Å². The van der Waals surface area contributed by atoms with Crippen molar-refractivity contribution in [3.63, 3.8) is 0 Å². The Bertz CT molecular complexity index is 1030. The maximum Gasteiger partial charge on any atom is 0.355 e. The van der Waals surface area contributed by atoms with Crippen molar-refractivity contribution in [1.29, 1.82) is 0 Å². The van der Waals surface area contributed by atoms with E-state index in [1.54, 1.807) is 51.1 Å². The average molecular weight is 373 g/mol. The molecule has 0 aliphatic carbocycles. The maximum atomic E-state index is 12.8. The van der Waals surface area contributed by atoms with Gasteiger partial charge in [0.2, 0.25) is 0 Å². The highest BCUT2D eigenvalue weighted by Crippen LogP contribution is 2.21. The van der Waals surface area contributed by atoms with Crippen LogP contribution in [-0.4, -0.2) is 17.5 Å². The van der Waals surface area contributed by atoms with Crippen molar-refractivity contribution in [3.8, 4) is 0 Å². The Balaban J connectivity index is 2.01. The average Bonchev–Trinajstić information content (AvgIpc) is 2.67. The number of amides is 1. The van der Waals surface area contributed by atoms with E-state index in [2.05, 4.69) is 5.32 Å². The summed E-state index contributed by atoms with van der Waals surface area (Å²) in [6.45, 7) is 5.37. The molecule has 0 radical (unpaired) electrons. The molecule has 0 heterocycles. The Labute approximate surface area is 164 Å². The second-order valence-electron chi connectivity index (χ2n) is 7.45. The van der Waals surface area contributed by atoms with Crippen LogP contribution in [-0.2, 0) is 9.53 Å². The van der Waals surface area contributed by atoms with Gasteiger partial charge in [-0.15, -0.1) is 0 Å². The molecule has 0 aliphatic rings. The Morgan fingerprint density at radius 1 is 0.857 bits per heavy atom. The molecule has 3 rings (SSSR count). The Morgan fingerprint density at radius 3 is 2.21 bits per heavy atom. The number of rotatable bonds is 4. The third-order valence-corrected chi connectivity index (χ3v) is 4.03. The van der Waals surface area contributed by atoms with Gasteiger partial charge in [0.25, 0.3) is 5.91 Å². The molecule has 0 aromatic heterocycles. The van der Waals surface area contributed by atoms with E-state index in [9.17, 15) is 9.59 Å². The number of carbonyl (C=O) groups is 2. The van der Waals surface area contributed by atoms with Crippen LogP contribution in [0.25, 0.3) is 16.8 Å². The summed E-state index contributed by atoms with van der Waals surface area (Å²) in [6.07, 6.45) is 1.66. The summed E-state index contributed by atoms with van der Waals surface area (Å²) in [7, 11) is 0. The van der Waals surface area contributed by atoms with Crippen LogP contribution in [0.15, 0.2) is 78.5 Å². The molecular formula is C24H23NO3. The summed E-state index contributed by atoms with van der Waals surface area (Å²) in [4.78, 5) is 25.4. The lowest BCUT2D eigenvalue weighted by molar-refractivity contribution is -0.150. The van der Waals surface area contributed by atoms with Gasteiger partial charge >= 0.3 is 5.97 Å². The van der Waals surface area contributed by atoms with Crippen LogP contribution in [0.3, 0.4) is 0 Å². The van der Waals surface area contributed by atoms with Gasteiger partial charge in [-0.2, -0.15) is 0 Å². The van der Waals surface area contributed by atoms with Crippen LogP contribution in [0, 0.1) is 0 Å². The van der Waals surface area contributed by atoms with E-state index in [0.29, 0.717) is 5.56 Å². The molecule has 4 heteroatoms. The van der Waals surface area contributed by atoms with E-state index in [1.165, 1.54) is 0 Å². The highest BCUT2D eigenvalue weighted by molar-refractivity contribution is 6.04. The van der Waals surface area contributed by atoms with Crippen LogP contribution in [0.4, 0.5) is 0 Å². The highest BCUT2D eigenvalue weighted by Gasteiger charge is 2.22. The Kier molecular flexibility index (Phi) is 5.59. The fraction of sp³-hybridized carbons (Fsp3) is 0.167. The fourth-order valence-corrected chi connectivity index (χ4v) is 2.79. The first-order valence-corrected chi connectivity index (χ1v) is 9.13. The summed E-state index contributed by atoms with van der Waals surface area (Å²) in [5.41, 5.74) is 0.717.